The van der Waals surface area contributed by atoms with Crippen molar-refractivity contribution in [3.05, 3.63) is 22.4 Å². The summed E-state index contributed by atoms with van der Waals surface area (Å²) in [5.41, 5.74) is 1.40. The molecule has 1 aromatic heterocycles. The predicted octanol–water partition coefficient (Wildman–Crippen LogP) is 2.47. The normalized spacial score (nSPS) is 23.8. The van der Waals surface area contributed by atoms with Gasteiger partial charge in [-0.1, -0.05) is 6.92 Å². The molecule has 2 aliphatic rings. The lowest BCUT2D eigenvalue weighted by Crippen LogP contribution is -2.42. The number of hydrogen-bond acceptors (Lipinski definition) is 4. The molecule has 2 atom stereocenters. The van der Waals surface area contributed by atoms with Crippen LogP contribution in [0.2, 0.25) is 0 Å². The van der Waals surface area contributed by atoms with Crippen LogP contribution in [0.15, 0.2) is 21.8 Å². The van der Waals surface area contributed by atoms with Crippen LogP contribution in [0.1, 0.15) is 31.7 Å². The van der Waals surface area contributed by atoms with Crippen LogP contribution in [0, 0.1) is 5.92 Å². The Morgan fingerprint density at radius 3 is 2.96 bits per heavy atom. The summed E-state index contributed by atoms with van der Waals surface area (Å²) in [5.74, 6) is 2.32. The predicted molar refractivity (Wildman–Crippen MR) is 106 cm³/mol. The zero-order valence-electron chi connectivity index (χ0n) is 15.6. The summed E-state index contributed by atoms with van der Waals surface area (Å²) in [6.07, 6.45) is 1.27. The highest BCUT2D eigenvalue weighted by Gasteiger charge is 2.27. The Labute approximate surface area is 156 Å². The zero-order chi connectivity index (χ0) is 17.5. The maximum atomic E-state index is 5.46. The molecule has 6 heteroatoms. The first kappa shape index (κ1) is 18.7. The second-order valence-electron chi connectivity index (χ2n) is 7.17. The van der Waals surface area contributed by atoms with Gasteiger partial charge in [-0.2, -0.15) is 11.3 Å². The molecule has 0 amide bonds. The number of likely N-dealkylation sites (tertiary alicyclic amines) is 1. The first-order chi connectivity index (χ1) is 12.3. The first-order valence-corrected chi connectivity index (χ1v) is 10.6. The number of morpholine rings is 1. The number of aliphatic imine (C=N–C) groups is 1. The van der Waals surface area contributed by atoms with Crippen LogP contribution in [0.25, 0.3) is 0 Å². The molecule has 0 aliphatic carbocycles. The number of rotatable bonds is 6. The number of ether oxygens (including phenoxy) is 1. The fraction of sp³-hybridized carbons (Fsp3) is 0.737. The summed E-state index contributed by atoms with van der Waals surface area (Å²) >= 11 is 1.77. The zero-order valence-corrected chi connectivity index (χ0v) is 16.4. The highest BCUT2D eigenvalue weighted by molar-refractivity contribution is 7.07. The van der Waals surface area contributed by atoms with E-state index in [9.17, 15) is 0 Å². The highest BCUT2D eigenvalue weighted by Crippen LogP contribution is 2.20. The lowest BCUT2D eigenvalue weighted by atomic mass is 10.1. The van der Waals surface area contributed by atoms with Gasteiger partial charge in [0.2, 0.25) is 0 Å². The highest BCUT2D eigenvalue weighted by atomic mass is 32.1. The Hall–Kier alpha value is -1.11. The smallest absolute Gasteiger partial charge is 0.193 e. The maximum absolute atomic E-state index is 5.46. The van der Waals surface area contributed by atoms with Crippen LogP contribution in [-0.4, -0.2) is 74.8 Å². The van der Waals surface area contributed by atoms with Gasteiger partial charge >= 0.3 is 0 Å². The molecule has 0 spiro atoms. The topological polar surface area (TPSA) is 40.1 Å². The second kappa shape index (κ2) is 9.55. The van der Waals surface area contributed by atoms with Gasteiger partial charge in [0.15, 0.2) is 5.96 Å². The van der Waals surface area contributed by atoms with Crippen molar-refractivity contribution in [1.82, 2.24) is 15.1 Å². The van der Waals surface area contributed by atoms with E-state index in [1.165, 1.54) is 18.5 Å². The van der Waals surface area contributed by atoms with Crippen molar-refractivity contribution >= 4 is 17.3 Å². The lowest BCUT2D eigenvalue weighted by Gasteiger charge is -2.29. The molecule has 2 fully saturated rings. The largest absolute Gasteiger partial charge is 0.379 e. The Morgan fingerprint density at radius 1 is 1.40 bits per heavy atom. The summed E-state index contributed by atoms with van der Waals surface area (Å²) in [5, 5.41) is 7.88. The van der Waals surface area contributed by atoms with Crippen molar-refractivity contribution in [2.24, 2.45) is 10.9 Å². The number of guanidine groups is 1. The van der Waals surface area contributed by atoms with Gasteiger partial charge in [-0.15, -0.1) is 0 Å². The average molecular weight is 365 g/mol. The van der Waals surface area contributed by atoms with Gasteiger partial charge in [-0.3, -0.25) is 9.89 Å². The molecule has 2 unspecified atom stereocenters. The Morgan fingerprint density at radius 2 is 2.24 bits per heavy atom. The minimum atomic E-state index is 0.478. The van der Waals surface area contributed by atoms with E-state index in [0.717, 1.165) is 64.4 Å². The molecular formula is C19H32N4OS. The van der Waals surface area contributed by atoms with Gasteiger partial charge in [0, 0.05) is 51.7 Å². The first-order valence-electron chi connectivity index (χ1n) is 9.61. The quantitative estimate of drug-likeness (QED) is 0.622. The maximum Gasteiger partial charge on any atom is 0.193 e. The van der Waals surface area contributed by atoms with E-state index >= 15 is 0 Å². The third-order valence-corrected chi connectivity index (χ3v) is 5.87. The van der Waals surface area contributed by atoms with Crippen LogP contribution in [0.3, 0.4) is 0 Å². The molecule has 2 saturated heterocycles. The summed E-state index contributed by atoms with van der Waals surface area (Å²) < 4.78 is 5.46. The summed E-state index contributed by atoms with van der Waals surface area (Å²) in [7, 11) is 0. The van der Waals surface area contributed by atoms with Crippen molar-refractivity contribution in [2.75, 3.05) is 59.0 Å². The fourth-order valence-corrected chi connectivity index (χ4v) is 4.42. The molecule has 5 nitrogen and oxygen atoms in total. The summed E-state index contributed by atoms with van der Waals surface area (Å²) in [6.45, 7) is 13.6. The van der Waals surface area contributed by atoms with E-state index in [0.29, 0.717) is 5.92 Å². The van der Waals surface area contributed by atoms with Gasteiger partial charge < -0.3 is 15.0 Å². The van der Waals surface area contributed by atoms with Gasteiger partial charge in [0.1, 0.15) is 0 Å². The van der Waals surface area contributed by atoms with Crippen LogP contribution in [0.5, 0.6) is 0 Å². The standard InChI is InChI=1S/C19H32N4OS/c1-3-20-19(21-12-16(2)18-5-11-25-15-18)23-6-4-17(14-23)13-22-7-9-24-10-8-22/h5,11,15-17H,3-4,6-10,12-14H2,1-2H3,(H,20,21). The van der Waals surface area contributed by atoms with Crippen LogP contribution in [-0.2, 0) is 4.74 Å². The van der Waals surface area contributed by atoms with E-state index < -0.39 is 0 Å². The minimum Gasteiger partial charge on any atom is -0.379 e. The third kappa shape index (κ3) is 5.43. The monoisotopic (exact) mass is 364 g/mol. The van der Waals surface area contributed by atoms with Crippen LogP contribution in [0.4, 0.5) is 0 Å². The van der Waals surface area contributed by atoms with E-state index in [1.807, 2.05) is 0 Å². The van der Waals surface area contributed by atoms with Gasteiger partial charge in [-0.05, 0) is 41.7 Å². The van der Waals surface area contributed by atoms with Crippen LogP contribution >= 0.6 is 11.3 Å². The Balaban J connectivity index is 1.52. The number of nitrogens with one attached hydrogen (secondary N) is 1. The number of thiophene rings is 1. The van der Waals surface area contributed by atoms with Gasteiger partial charge in [-0.25, -0.2) is 0 Å². The van der Waals surface area contributed by atoms with Crippen molar-refractivity contribution < 1.29 is 4.74 Å². The molecule has 0 aromatic carbocycles. The number of hydrogen-bond donors (Lipinski definition) is 1. The SMILES string of the molecule is CCNC(=NCC(C)c1ccsc1)N1CCC(CN2CCOCC2)C1. The van der Waals surface area contributed by atoms with E-state index in [2.05, 4.69) is 45.8 Å². The minimum absolute atomic E-state index is 0.478. The van der Waals surface area contributed by atoms with E-state index in [1.54, 1.807) is 11.3 Å². The molecule has 1 N–H and O–H groups in total. The van der Waals surface area contributed by atoms with Crippen molar-refractivity contribution in [3.8, 4) is 0 Å². The van der Waals surface area contributed by atoms with E-state index in [4.69, 9.17) is 9.73 Å². The molecule has 140 valence electrons. The summed E-state index contributed by atoms with van der Waals surface area (Å²) in [6, 6.07) is 2.21. The molecule has 1 aromatic rings. The van der Waals surface area contributed by atoms with Gasteiger partial charge in [0.05, 0.1) is 13.2 Å². The molecule has 2 aliphatic heterocycles. The second-order valence-corrected chi connectivity index (χ2v) is 7.95. The average Bonchev–Trinajstić information content (AvgIpc) is 3.31. The van der Waals surface area contributed by atoms with E-state index in [-0.39, 0.29) is 0 Å². The molecular weight excluding hydrogens is 332 g/mol. The molecule has 0 radical (unpaired) electrons. The number of nitrogens with zero attached hydrogens (tertiary/aromatic N) is 3. The molecule has 25 heavy (non-hydrogen) atoms. The summed E-state index contributed by atoms with van der Waals surface area (Å²) in [4.78, 5) is 9.94. The van der Waals surface area contributed by atoms with Crippen molar-refractivity contribution in [2.45, 2.75) is 26.2 Å². The molecule has 0 bridgehead atoms. The van der Waals surface area contributed by atoms with Gasteiger partial charge in [0.25, 0.3) is 0 Å². The Kier molecular flexibility index (Phi) is 7.13. The third-order valence-electron chi connectivity index (χ3n) is 5.17. The molecule has 0 saturated carbocycles. The fourth-order valence-electron chi connectivity index (χ4n) is 3.63. The van der Waals surface area contributed by atoms with Crippen molar-refractivity contribution in [3.63, 3.8) is 0 Å². The van der Waals surface area contributed by atoms with Crippen LogP contribution < -0.4 is 5.32 Å². The molecule has 3 rings (SSSR count). The Bertz CT molecular complexity index is 528. The van der Waals surface area contributed by atoms with Crippen molar-refractivity contribution in [1.29, 1.82) is 0 Å². The lowest BCUT2D eigenvalue weighted by molar-refractivity contribution is 0.0315. The molecule has 3 heterocycles.